The van der Waals surface area contributed by atoms with Gasteiger partial charge in [-0.05, 0) is 13.3 Å². The van der Waals surface area contributed by atoms with E-state index >= 15 is 0 Å². The Hall–Kier alpha value is -1.11. The molecule has 18 heavy (non-hydrogen) atoms. The number of carboxylic acid groups (broad SMARTS) is 1. The van der Waals surface area contributed by atoms with Gasteiger partial charge in [-0.2, -0.15) is 0 Å². The van der Waals surface area contributed by atoms with Crippen LogP contribution in [0, 0.1) is 5.41 Å². The minimum Gasteiger partial charge on any atom is -0.481 e. The first-order valence-corrected chi connectivity index (χ1v) is 7.53. The van der Waals surface area contributed by atoms with Gasteiger partial charge in [0, 0.05) is 48.5 Å². The summed E-state index contributed by atoms with van der Waals surface area (Å²) >= 11 is 0. The van der Waals surface area contributed by atoms with Crippen molar-refractivity contribution in [2.75, 3.05) is 37.7 Å². The molecule has 0 radical (unpaired) electrons. The first kappa shape index (κ1) is 13.3. The summed E-state index contributed by atoms with van der Waals surface area (Å²) in [6.07, 6.45) is 0.494. The van der Waals surface area contributed by atoms with Gasteiger partial charge in [0.1, 0.15) is 0 Å². The van der Waals surface area contributed by atoms with Gasteiger partial charge in [-0.25, -0.2) is 4.79 Å². The first-order chi connectivity index (χ1) is 8.42. The molecule has 2 amide bonds. The number of nitrogens with zero attached hydrogens (tertiary/aromatic N) is 2. The summed E-state index contributed by atoms with van der Waals surface area (Å²) < 4.78 is 11.2. The summed E-state index contributed by atoms with van der Waals surface area (Å²) in [5, 5.41) is 9.13. The van der Waals surface area contributed by atoms with Crippen LogP contribution in [-0.2, 0) is 15.6 Å². The molecule has 2 fully saturated rings. The number of carboxylic acids is 1. The molecule has 1 unspecified atom stereocenters. The average Bonchev–Trinajstić information content (AvgIpc) is 2.73. The van der Waals surface area contributed by atoms with Crippen LogP contribution in [0.15, 0.2) is 0 Å². The lowest BCUT2D eigenvalue weighted by Gasteiger charge is -2.31. The van der Waals surface area contributed by atoms with Crippen molar-refractivity contribution in [1.82, 2.24) is 9.80 Å². The Labute approximate surface area is 108 Å². The molecule has 2 heterocycles. The lowest BCUT2D eigenvalue weighted by atomic mass is 9.90. The van der Waals surface area contributed by atoms with Crippen LogP contribution in [0.25, 0.3) is 0 Å². The van der Waals surface area contributed by atoms with Crippen LogP contribution in [0.4, 0.5) is 4.79 Å². The summed E-state index contributed by atoms with van der Waals surface area (Å²) in [5.74, 6) is 0.198. The molecule has 7 heteroatoms. The summed E-state index contributed by atoms with van der Waals surface area (Å²) in [6.45, 7) is 3.44. The predicted molar refractivity (Wildman–Crippen MR) is 66.8 cm³/mol. The van der Waals surface area contributed by atoms with Crippen LogP contribution in [0.3, 0.4) is 0 Å². The first-order valence-electron chi connectivity index (χ1n) is 6.05. The summed E-state index contributed by atoms with van der Waals surface area (Å²) in [5.41, 5.74) is -0.825. The van der Waals surface area contributed by atoms with E-state index in [1.807, 2.05) is 0 Å². The van der Waals surface area contributed by atoms with Gasteiger partial charge in [0.25, 0.3) is 0 Å². The third kappa shape index (κ3) is 2.50. The summed E-state index contributed by atoms with van der Waals surface area (Å²) in [4.78, 5) is 26.6. The Morgan fingerprint density at radius 1 is 1.17 bits per heavy atom. The Morgan fingerprint density at radius 3 is 2.28 bits per heavy atom. The zero-order valence-electron chi connectivity index (χ0n) is 10.4. The minimum atomic E-state index is -0.849. The van der Waals surface area contributed by atoms with Crippen molar-refractivity contribution in [2.45, 2.75) is 13.3 Å². The van der Waals surface area contributed by atoms with Crippen molar-refractivity contribution < 1.29 is 18.9 Å². The number of hydrogen-bond acceptors (Lipinski definition) is 3. The van der Waals surface area contributed by atoms with Crippen LogP contribution in [0.5, 0.6) is 0 Å². The van der Waals surface area contributed by atoms with Crippen molar-refractivity contribution in [3.05, 3.63) is 0 Å². The Balaban J connectivity index is 1.95. The van der Waals surface area contributed by atoms with Gasteiger partial charge in [-0.3, -0.25) is 9.00 Å². The Bertz CT molecular complexity index is 391. The van der Waals surface area contributed by atoms with E-state index in [9.17, 15) is 13.8 Å². The highest BCUT2D eigenvalue weighted by molar-refractivity contribution is 7.85. The lowest BCUT2D eigenvalue weighted by molar-refractivity contribution is -0.147. The SMILES string of the molecule is CC1(C(=O)O)CCN(C(=O)N2CCS(=O)CC2)C1. The molecule has 6 nitrogen and oxygen atoms in total. The molecule has 1 atom stereocenters. The van der Waals surface area contributed by atoms with Crippen molar-refractivity contribution in [1.29, 1.82) is 0 Å². The molecule has 0 aromatic rings. The highest BCUT2D eigenvalue weighted by atomic mass is 32.2. The topological polar surface area (TPSA) is 77.9 Å². The van der Waals surface area contributed by atoms with Crippen molar-refractivity contribution >= 4 is 22.8 Å². The molecule has 2 saturated heterocycles. The second-order valence-electron chi connectivity index (χ2n) is 5.16. The largest absolute Gasteiger partial charge is 0.481 e. The molecule has 2 rings (SSSR count). The van der Waals surface area contributed by atoms with Crippen LogP contribution >= 0.6 is 0 Å². The molecule has 0 aromatic heterocycles. The van der Waals surface area contributed by atoms with E-state index in [2.05, 4.69) is 0 Å². The third-order valence-electron chi connectivity index (χ3n) is 3.71. The van der Waals surface area contributed by atoms with Gasteiger partial charge in [-0.1, -0.05) is 0 Å². The molecule has 0 aromatic carbocycles. The van der Waals surface area contributed by atoms with E-state index in [0.29, 0.717) is 37.6 Å². The van der Waals surface area contributed by atoms with E-state index in [4.69, 9.17) is 5.11 Å². The summed E-state index contributed by atoms with van der Waals surface area (Å²) in [7, 11) is -0.808. The maximum atomic E-state index is 12.2. The van der Waals surface area contributed by atoms with Gasteiger partial charge in [0.05, 0.1) is 5.41 Å². The zero-order chi connectivity index (χ0) is 13.3. The van der Waals surface area contributed by atoms with E-state index in [-0.39, 0.29) is 12.6 Å². The third-order valence-corrected chi connectivity index (χ3v) is 4.98. The molecule has 0 aliphatic carbocycles. The maximum Gasteiger partial charge on any atom is 0.320 e. The van der Waals surface area contributed by atoms with Crippen LogP contribution in [0.2, 0.25) is 0 Å². The second kappa shape index (κ2) is 4.87. The smallest absolute Gasteiger partial charge is 0.320 e. The number of hydrogen-bond donors (Lipinski definition) is 1. The molecule has 0 saturated carbocycles. The van der Waals surface area contributed by atoms with E-state index in [1.165, 1.54) is 0 Å². The monoisotopic (exact) mass is 274 g/mol. The van der Waals surface area contributed by atoms with E-state index < -0.39 is 22.2 Å². The Kier molecular flexibility index (Phi) is 3.61. The number of likely N-dealkylation sites (tertiary alicyclic amines) is 1. The molecule has 0 spiro atoms. The molecule has 0 bridgehead atoms. The lowest BCUT2D eigenvalue weighted by Crippen LogP contribution is -2.48. The fourth-order valence-corrected chi connectivity index (χ4v) is 3.38. The molecular weight excluding hydrogens is 256 g/mol. The highest BCUT2D eigenvalue weighted by Crippen LogP contribution is 2.30. The van der Waals surface area contributed by atoms with Crippen LogP contribution < -0.4 is 0 Å². The maximum absolute atomic E-state index is 12.2. The Morgan fingerprint density at radius 2 is 1.78 bits per heavy atom. The van der Waals surface area contributed by atoms with Crippen LogP contribution in [-0.4, -0.2) is 68.8 Å². The number of aliphatic carboxylic acids is 1. The average molecular weight is 274 g/mol. The second-order valence-corrected chi connectivity index (χ2v) is 6.85. The van der Waals surface area contributed by atoms with Gasteiger partial charge < -0.3 is 14.9 Å². The number of urea groups is 1. The number of carbonyl (C=O) groups is 2. The van der Waals surface area contributed by atoms with Crippen LogP contribution in [0.1, 0.15) is 13.3 Å². The zero-order valence-corrected chi connectivity index (χ0v) is 11.2. The number of rotatable bonds is 1. The number of amides is 2. The van der Waals surface area contributed by atoms with Crippen molar-refractivity contribution in [2.24, 2.45) is 5.41 Å². The quantitative estimate of drug-likeness (QED) is 0.728. The van der Waals surface area contributed by atoms with Gasteiger partial charge in [0.2, 0.25) is 0 Å². The molecule has 2 aliphatic rings. The summed E-state index contributed by atoms with van der Waals surface area (Å²) in [6, 6.07) is -0.114. The molecule has 1 N–H and O–H groups in total. The van der Waals surface area contributed by atoms with Crippen molar-refractivity contribution in [3.8, 4) is 0 Å². The van der Waals surface area contributed by atoms with E-state index in [0.717, 1.165) is 0 Å². The van der Waals surface area contributed by atoms with Gasteiger partial charge in [0.15, 0.2) is 0 Å². The minimum absolute atomic E-state index is 0.114. The fourth-order valence-electron chi connectivity index (χ4n) is 2.33. The highest BCUT2D eigenvalue weighted by Gasteiger charge is 2.43. The fraction of sp³-hybridized carbons (Fsp3) is 0.818. The predicted octanol–water partition coefficient (Wildman–Crippen LogP) is -0.0327. The molecule has 102 valence electrons. The standard InChI is InChI=1S/C11H18N2O4S/c1-11(9(14)15)2-3-13(8-11)10(16)12-4-6-18(17)7-5-12/h2-8H2,1H3,(H,14,15). The molecular formula is C11H18N2O4S. The number of carbonyl (C=O) groups excluding carboxylic acids is 1. The van der Waals surface area contributed by atoms with Crippen molar-refractivity contribution in [3.63, 3.8) is 0 Å². The van der Waals surface area contributed by atoms with Gasteiger partial charge in [-0.15, -0.1) is 0 Å². The normalized spacial score (nSPS) is 29.6. The molecule has 2 aliphatic heterocycles. The van der Waals surface area contributed by atoms with E-state index in [1.54, 1.807) is 16.7 Å². The van der Waals surface area contributed by atoms with Gasteiger partial charge >= 0.3 is 12.0 Å².